The van der Waals surface area contributed by atoms with Crippen LogP contribution in [0.1, 0.15) is 59.0 Å². The van der Waals surface area contributed by atoms with Gasteiger partial charge in [0.1, 0.15) is 41.2 Å². The summed E-state index contributed by atoms with van der Waals surface area (Å²) in [4.78, 5) is 42.5. The van der Waals surface area contributed by atoms with E-state index in [4.69, 9.17) is 16.6 Å². The monoisotopic (exact) mass is 896 g/mol. The number of fused-ring (bicyclic) bond motifs is 5. The van der Waals surface area contributed by atoms with Crippen molar-refractivity contribution in [2.24, 2.45) is 13.0 Å². The molecule has 2 N–H and O–H groups in total. The molecule has 14 nitrogen and oxygen atoms in total. The number of benzene rings is 3. The van der Waals surface area contributed by atoms with Gasteiger partial charge in [-0.05, 0) is 66.8 Å². The van der Waals surface area contributed by atoms with E-state index in [2.05, 4.69) is 30.2 Å². The second-order valence-electron chi connectivity index (χ2n) is 15.3. The smallest absolute Gasteiger partial charge is 0.293 e. The quantitative estimate of drug-likeness (QED) is 0.133. The molecule has 0 unspecified atom stereocenters. The average molecular weight is 897 g/mol. The molecule has 4 heterocycles. The summed E-state index contributed by atoms with van der Waals surface area (Å²) < 4.78 is 119. The highest BCUT2D eigenvalue weighted by atomic mass is 35.5. The summed E-state index contributed by atoms with van der Waals surface area (Å²) in [5, 5.41) is 10.8. The normalized spacial score (nSPS) is 17.1. The van der Waals surface area contributed by atoms with E-state index in [-0.39, 0.29) is 61.7 Å². The molecule has 9 rings (SSSR count). The van der Waals surface area contributed by atoms with E-state index < -0.39 is 87.7 Å². The number of rotatable bonds is 11. The Morgan fingerprint density at radius 3 is 2.40 bits per heavy atom. The number of sulfonamides is 1. The van der Waals surface area contributed by atoms with Crippen LogP contribution in [0.15, 0.2) is 65.7 Å². The molecular formula is C40H31ClF6N10O4S. The van der Waals surface area contributed by atoms with Crippen LogP contribution in [0, 0.1) is 24.5 Å². The molecule has 62 heavy (non-hydrogen) atoms. The molecule has 0 bridgehead atoms. The number of alkyl halides is 4. The van der Waals surface area contributed by atoms with Crippen LogP contribution in [0.2, 0.25) is 5.02 Å². The number of anilines is 1. The van der Waals surface area contributed by atoms with Gasteiger partial charge in [-0.2, -0.15) is 19.0 Å². The van der Waals surface area contributed by atoms with E-state index in [9.17, 15) is 35.6 Å². The second-order valence-corrected chi connectivity index (χ2v) is 17.4. The standard InChI is InChI=1S/C40H31ClF6N10O4S/c1-17-48-14-20(15-49-17)19-4-5-23-27(11-19)51-38(57(39(23)59)29-7-6-26(41)32-34(29)55(2)53-37(32)54-62(3,60)61)28(10-18-8-21(42)12-22(43)9-18)50-30(58)16-56-35-31(33(52-56)36(44)45)24-13-25(24)40(35,46)47/h4-9,11-12,14-15,24-25,28,36H,10,13,16H2,1-3H3,(H,50,58)(H,53,54)/t24-,25+,28-/m0/s1. The minimum atomic E-state index is -3.91. The topological polar surface area (TPSA) is 172 Å². The van der Waals surface area contributed by atoms with Crippen LogP contribution in [0.5, 0.6) is 0 Å². The van der Waals surface area contributed by atoms with Crippen molar-refractivity contribution in [1.29, 1.82) is 0 Å². The van der Waals surface area contributed by atoms with Gasteiger partial charge in [0.05, 0.1) is 44.8 Å². The van der Waals surface area contributed by atoms with Gasteiger partial charge < -0.3 is 5.32 Å². The number of hydrogen-bond donors (Lipinski definition) is 2. The van der Waals surface area contributed by atoms with E-state index >= 15 is 8.78 Å². The molecule has 2 aliphatic carbocycles. The summed E-state index contributed by atoms with van der Waals surface area (Å²) >= 11 is 6.62. The Morgan fingerprint density at radius 2 is 1.73 bits per heavy atom. The third-order valence-electron chi connectivity index (χ3n) is 10.9. The van der Waals surface area contributed by atoms with Crippen LogP contribution in [-0.4, -0.2) is 59.7 Å². The average Bonchev–Trinajstić information content (AvgIpc) is 3.73. The van der Waals surface area contributed by atoms with Gasteiger partial charge in [0, 0.05) is 49.0 Å². The molecule has 3 atom stereocenters. The number of nitrogens with one attached hydrogen (secondary N) is 2. The van der Waals surface area contributed by atoms with Crippen LogP contribution >= 0.6 is 11.6 Å². The van der Waals surface area contributed by atoms with Gasteiger partial charge in [-0.1, -0.05) is 17.7 Å². The lowest BCUT2D eigenvalue weighted by atomic mass is 10.0. The van der Waals surface area contributed by atoms with Crippen molar-refractivity contribution < 1.29 is 39.6 Å². The maximum atomic E-state index is 15.5. The maximum absolute atomic E-state index is 15.5. The minimum Gasteiger partial charge on any atom is -0.344 e. The molecule has 4 aromatic heterocycles. The largest absolute Gasteiger partial charge is 0.344 e. The first-order valence-electron chi connectivity index (χ1n) is 18.8. The van der Waals surface area contributed by atoms with Gasteiger partial charge in [0.15, 0.2) is 5.82 Å². The number of aryl methyl sites for hydroxylation is 2. The highest BCUT2D eigenvalue weighted by Gasteiger charge is 2.67. The molecule has 1 fully saturated rings. The Morgan fingerprint density at radius 1 is 1.02 bits per heavy atom. The molecular weight excluding hydrogens is 866 g/mol. The maximum Gasteiger partial charge on any atom is 0.293 e. The molecule has 3 aromatic carbocycles. The summed E-state index contributed by atoms with van der Waals surface area (Å²) in [5.74, 6) is -8.55. The third kappa shape index (κ3) is 7.11. The molecule has 0 radical (unpaired) electrons. The molecule has 1 amide bonds. The zero-order valence-electron chi connectivity index (χ0n) is 32.5. The predicted octanol–water partition coefficient (Wildman–Crippen LogP) is 6.78. The number of nitrogens with zero attached hydrogens (tertiary/aromatic N) is 8. The number of carbonyl (C=O) groups is 1. The number of amides is 1. The van der Waals surface area contributed by atoms with Crippen molar-refractivity contribution in [2.45, 2.75) is 50.6 Å². The van der Waals surface area contributed by atoms with Gasteiger partial charge in [-0.15, -0.1) is 0 Å². The van der Waals surface area contributed by atoms with Gasteiger partial charge in [0.25, 0.3) is 17.9 Å². The minimum absolute atomic E-state index is 0.00582. The number of carbonyl (C=O) groups excluding carboxylic acids is 1. The fourth-order valence-corrected chi connectivity index (χ4v) is 9.04. The SMILES string of the molecule is Cc1ncc(-c2ccc3c(=O)n(-c4ccc(Cl)c5c(NS(C)(=O)=O)nn(C)c45)c([C@H](Cc4cc(F)cc(F)c4)NC(=O)Cn4nc(C(F)F)c5c4C(F)(F)[C@@H]4C[C@H]54)nc3c2)cn1. The van der Waals surface area contributed by atoms with E-state index in [0.29, 0.717) is 27.7 Å². The lowest BCUT2D eigenvalue weighted by Gasteiger charge is -2.24. The number of aromatic nitrogens is 8. The Hall–Kier alpha value is -6.35. The van der Waals surface area contributed by atoms with Gasteiger partial charge in [-0.3, -0.25) is 28.2 Å². The number of halogens is 7. The first-order valence-corrected chi connectivity index (χ1v) is 21.1. The zero-order valence-corrected chi connectivity index (χ0v) is 34.0. The second kappa shape index (κ2) is 14.6. The fourth-order valence-electron chi connectivity index (χ4n) is 8.30. The highest BCUT2D eigenvalue weighted by Crippen LogP contribution is 2.68. The van der Waals surface area contributed by atoms with Crippen molar-refractivity contribution in [3.63, 3.8) is 0 Å². The summed E-state index contributed by atoms with van der Waals surface area (Å²) in [6.45, 7) is 0.710. The molecule has 0 spiro atoms. The van der Waals surface area contributed by atoms with E-state index in [0.717, 1.165) is 23.0 Å². The van der Waals surface area contributed by atoms with Crippen LogP contribution in [-0.2, 0) is 40.8 Å². The van der Waals surface area contributed by atoms with Crippen LogP contribution in [0.4, 0.5) is 32.2 Å². The molecule has 2 aliphatic rings. The van der Waals surface area contributed by atoms with Crippen molar-refractivity contribution in [3.05, 3.63) is 122 Å². The Kier molecular flexibility index (Phi) is 9.69. The Bertz CT molecular complexity index is 3170. The van der Waals surface area contributed by atoms with Crippen molar-refractivity contribution in [1.82, 2.24) is 44.4 Å². The first-order chi connectivity index (χ1) is 29.3. The lowest BCUT2D eigenvalue weighted by molar-refractivity contribution is -0.123. The fraction of sp³-hybridized carbons (Fsp3) is 0.275. The first kappa shape index (κ1) is 41.0. The van der Waals surface area contributed by atoms with Crippen molar-refractivity contribution in [3.8, 4) is 16.8 Å². The summed E-state index contributed by atoms with van der Waals surface area (Å²) in [6.07, 6.45) is 0.334. The molecule has 7 aromatic rings. The Balaban J connectivity index is 1.26. The lowest BCUT2D eigenvalue weighted by Crippen LogP contribution is -2.38. The van der Waals surface area contributed by atoms with Gasteiger partial charge in [0.2, 0.25) is 15.9 Å². The molecule has 1 saturated carbocycles. The highest BCUT2D eigenvalue weighted by molar-refractivity contribution is 7.92. The van der Waals surface area contributed by atoms with E-state index in [1.807, 2.05) is 0 Å². The summed E-state index contributed by atoms with van der Waals surface area (Å²) in [7, 11) is -2.46. The molecule has 22 heteroatoms. The Labute approximate surface area is 351 Å². The van der Waals surface area contributed by atoms with Gasteiger partial charge >= 0.3 is 0 Å². The molecule has 0 saturated heterocycles. The van der Waals surface area contributed by atoms with Crippen LogP contribution in [0.3, 0.4) is 0 Å². The van der Waals surface area contributed by atoms with Gasteiger partial charge in [-0.25, -0.2) is 40.9 Å². The predicted molar refractivity (Wildman–Crippen MR) is 214 cm³/mol. The molecule has 320 valence electrons. The molecule has 0 aliphatic heterocycles. The van der Waals surface area contributed by atoms with Crippen molar-refractivity contribution >= 4 is 55.2 Å². The van der Waals surface area contributed by atoms with Crippen molar-refractivity contribution in [2.75, 3.05) is 11.0 Å². The van der Waals surface area contributed by atoms with E-state index in [1.54, 1.807) is 31.5 Å². The third-order valence-corrected chi connectivity index (χ3v) is 11.8. The van der Waals surface area contributed by atoms with Crippen LogP contribution < -0.4 is 15.6 Å². The zero-order chi connectivity index (χ0) is 44.2. The van der Waals surface area contributed by atoms with E-state index in [1.165, 1.54) is 29.9 Å². The van der Waals surface area contributed by atoms with Crippen LogP contribution in [0.25, 0.3) is 38.6 Å². The summed E-state index contributed by atoms with van der Waals surface area (Å²) in [5.41, 5.74) is -1.44. The summed E-state index contributed by atoms with van der Waals surface area (Å²) in [6, 6.07) is 8.52. The number of hydrogen-bond acceptors (Lipinski definition) is 9.